The molecular formula is C18H20F3N3O2. The fourth-order valence-corrected chi connectivity index (χ4v) is 2.54. The SMILES string of the molecule is CC[C@H](C)NC(=O)C(=O)c1c(C)nn(-c2cccc(C(F)(F)F)c2)c1C. The molecule has 140 valence electrons. The van der Waals surface area contributed by atoms with Crippen LogP contribution < -0.4 is 5.32 Å². The van der Waals surface area contributed by atoms with Crippen molar-refractivity contribution in [2.75, 3.05) is 0 Å². The molecule has 8 heteroatoms. The van der Waals surface area contributed by atoms with Gasteiger partial charge in [0.05, 0.1) is 28.2 Å². The number of amides is 1. The predicted octanol–water partition coefficient (Wildman–Crippen LogP) is 3.61. The van der Waals surface area contributed by atoms with Gasteiger partial charge < -0.3 is 5.32 Å². The van der Waals surface area contributed by atoms with Gasteiger partial charge in [0.2, 0.25) is 0 Å². The highest BCUT2D eigenvalue weighted by molar-refractivity contribution is 6.43. The van der Waals surface area contributed by atoms with Crippen molar-refractivity contribution in [3.8, 4) is 5.69 Å². The standard InChI is InChI=1S/C18H20F3N3O2/c1-5-10(2)22-17(26)16(25)15-11(3)23-24(12(15)4)14-8-6-7-13(9-14)18(19,20)21/h6-10H,5H2,1-4H3,(H,22,26)/t10-/m0/s1. The second-order valence-corrected chi connectivity index (χ2v) is 6.12. The van der Waals surface area contributed by atoms with Gasteiger partial charge in [0, 0.05) is 6.04 Å². The number of Topliss-reactive ketones (excluding diaryl/α,β-unsaturated/α-hetero) is 1. The van der Waals surface area contributed by atoms with E-state index < -0.39 is 23.4 Å². The fourth-order valence-electron chi connectivity index (χ4n) is 2.54. The van der Waals surface area contributed by atoms with Crippen molar-refractivity contribution in [2.24, 2.45) is 0 Å². The lowest BCUT2D eigenvalue weighted by Crippen LogP contribution is -2.37. The molecule has 1 heterocycles. The number of benzene rings is 1. The molecule has 0 aliphatic carbocycles. The molecule has 26 heavy (non-hydrogen) atoms. The molecule has 5 nitrogen and oxygen atoms in total. The molecule has 2 aromatic rings. The van der Waals surface area contributed by atoms with Crippen LogP contribution in [-0.2, 0) is 11.0 Å². The maximum Gasteiger partial charge on any atom is 0.416 e. The number of alkyl halides is 3. The normalized spacial score (nSPS) is 12.7. The Hall–Kier alpha value is -2.64. The maximum absolute atomic E-state index is 12.9. The quantitative estimate of drug-likeness (QED) is 0.649. The van der Waals surface area contributed by atoms with Crippen molar-refractivity contribution in [1.29, 1.82) is 0 Å². The third-order valence-electron chi connectivity index (χ3n) is 4.13. The van der Waals surface area contributed by atoms with Gasteiger partial charge in [-0.1, -0.05) is 13.0 Å². The van der Waals surface area contributed by atoms with Gasteiger partial charge in [-0.25, -0.2) is 4.68 Å². The number of hydrogen-bond acceptors (Lipinski definition) is 3. The van der Waals surface area contributed by atoms with Crippen molar-refractivity contribution in [3.63, 3.8) is 0 Å². The summed E-state index contributed by atoms with van der Waals surface area (Å²) >= 11 is 0. The number of carbonyl (C=O) groups is 2. The molecule has 0 aliphatic rings. The Bertz CT molecular complexity index is 841. The van der Waals surface area contributed by atoms with Gasteiger partial charge in [-0.05, 0) is 45.4 Å². The zero-order valence-electron chi connectivity index (χ0n) is 14.9. The summed E-state index contributed by atoms with van der Waals surface area (Å²) in [5.41, 5.74) is 0.0466. The highest BCUT2D eigenvalue weighted by atomic mass is 19.4. The van der Waals surface area contributed by atoms with Crippen LogP contribution in [0.15, 0.2) is 24.3 Å². The van der Waals surface area contributed by atoms with Gasteiger partial charge in [0.15, 0.2) is 0 Å². The average molecular weight is 367 g/mol. The Morgan fingerprint density at radius 3 is 2.50 bits per heavy atom. The first-order valence-corrected chi connectivity index (χ1v) is 8.15. The minimum atomic E-state index is -4.49. The monoisotopic (exact) mass is 367 g/mol. The van der Waals surface area contributed by atoms with Crippen molar-refractivity contribution in [1.82, 2.24) is 15.1 Å². The predicted molar refractivity (Wildman–Crippen MR) is 90.3 cm³/mol. The third-order valence-corrected chi connectivity index (χ3v) is 4.13. The van der Waals surface area contributed by atoms with E-state index in [-0.39, 0.29) is 23.0 Å². The molecule has 0 aliphatic heterocycles. The summed E-state index contributed by atoms with van der Waals surface area (Å²) in [5, 5.41) is 6.74. The topological polar surface area (TPSA) is 64.0 Å². The van der Waals surface area contributed by atoms with E-state index in [9.17, 15) is 22.8 Å². The number of aromatic nitrogens is 2. The minimum Gasteiger partial charge on any atom is -0.347 e. The molecule has 0 unspecified atom stereocenters. The smallest absolute Gasteiger partial charge is 0.347 e. The van der Waals surface area contributed by atoms with Crippen LogP contribution in [0, 0.1) is 13.8 Å². The van der Waals surface area contributed by atoms with E-state index in [1.54, 1.807) is 20.8 Å². The first kappa shape index (κ1) is 19.7. The second kappa shape index (κ2) is 7.31. The largest absolute Gasteiger partial charge is 0.416 e. The molecule has 0 spiro atoms. The Labute approximate surface area is 149 Å². The van der Waals surface area contributed by atoms with Crippen molar-refractivity contribution in [2.45, 2.75) is 46.3 Å². The van der Waals surface area contributed by atoms with Crippen molar-refractivity contribution >= 4 is 11.7 Å². The van der Waals surface area contributed by atoms with Gasteiger partial charge in [-0.2, -0.15) is 18.3 Å². The number of halogens is 3. The molecule has 1 atom stereocenters. The van der Waals surface area contributed by atoms with Crippen LogP contribution in [0.1, 0.15) is 47.6 Å². The molecule has 1 N–H and O–H groups in total. The van der Waals surface area contributed by atoms with Gasteiger partial charge in [-0.3, -0.25) is 9.59 Å². The number of aryl methyl sites for hydroxylation is 1. The van der Waals surface area contributed by atoms with E-state index in [4.69, 9.17) is 0 Å². The van der Waals surface area contributed by atoms with Gasteiger partial charge in [-0.15, -0.1) is 0 Å². The number of nitrogens with one attached hydrogen (secondary N) is 1. The van der Waals surface area contributed by atoms with Gasteiger partial charge in [0.1, 0.15) is 0 Å². The van der Waals surface area contributed by atoms with Crippen LogP contribution in [-0.4, -0.2) is 27.5 Å². The number of ketones is 1. The van der Waals surface area contributed by atoms with Crippen LogP contribution in [0.25, 0.3) is 5.69 Å². The summed E-state index contributed by atoms with van der Waals surface area (Å²) in [6.07, 6.45) is -3.82. The van der Waals surface area contributed by atoms with E-state index >= 15 is 0 Å². The van der Waals surface area contributed by atoms with Crippen LogP contribution in [0.5, 0.6) is 0 Å². The molecule has 1 amide bonds. The van der Waals surface area contributed by atoms with Crippen molar-refractivity contribution < 1.29 is 22.8 Å². The molecule has 2 rings (SSSR count). The lowest BCUT2D eigenvalue weighted by atomic mass is 10.1. The Balaban J connectivity index is 2.42. The number of rotatable bonds is 5. The zero-order chi connectivity index (χ0) is 19.6. The summed E-state index contributed by atoms with van der Waals surface area (Å²) in [4.78, 5) is 24.6. The first-order valence-electron chi connectivity index (χ1n) is 8.15. The average Bonchev–Trinajstić information content (AvgIpc) is 2.87. The molecule has 1 aromatic carbocycles. The number of nitrogens with zero attached hydrogens (tertiary/aromatic N) is 2. The Kier molecular flexibility index (Phi) is 5.53. The first-order chi connectivity index (χ1) is 12.1. The zero-order valence-corrected chi connectivity index (χ0v) is 14.9. The van der Waals surface area contributed by atoms with E-state index in [1.807, 2.05) is 6.92 Å². The fraction of sp³-hybridized carbons (Fsp3) is 0.389. The minimum absolute atomic E-state index is 0.100. The van der Waals surface area contributed by atoms with Crippen LogP contribution in [0.4, 0.5) is 13.2 Å². The Morgan fingerprint density at radius 1 is 1.27 bits per heavy atom. The highest BCUT2D eigenvalue weighted by Gasteiger charge is 2.31. The summed E-state index contributed by atoms with van der Waals surface area (Å²) in [6.45, 7) is 6.74. The second-order valence-electron chi connectivity index (χ2n) is 6.12. The van der Waals surface area contributed by atoms with Crippen LogP contribution >= 0.6 is 0 Å². The summed E-state index contributed by atoms with van der Waals surface area (Å²) in [6, 6.07) is 4.48. The molecule has 1 aromatic heterocycles. The lowest BCUT2D eigenvalue weighted by Gasteiger charge is -2.11. The van der Waals surface area contributed by atoms with Crippen LogP contribution in [0.2, 0.25) is 0 Å². The lowest BCUT2D eigenvalue weighted by molar-refractivity contribution is -0.137. The highest BCUT2D eigenvalue weighted by Crippen LogP contribution is 2.30. The summed E-state index contributed by atoms with van der Waals surface area (Å²) in [7, 11) is 0. The Morgan fingerprint density at radius 2 is 1.92 bits per heavy atom. The molecule has 0 saturated heterocycles. The molecule has 0 bridgehead atoms. The van der Waals surface area contributed by atoms with Crippen LogP contribution in [0.3, 0.4) is 0 Å². The van der Waals surface area contributed by atoms with E-state index in [2.05, 4.69) is 10.4 Å². The number of carbonyl (C=O) groups excluding carboxylic acids is 2. The van der Waals surface area contributed by atoms with Crippen molar-refractivity contribution in [3.05, 3.63) is 46.8 Å². The molecular weight excluding hydrogens is 347 g/mol. The number of hydrogen-bond donors (Lipinski definition) is 1. The van der Waals surface area contributed by atoms with Gasteiger partial charge in [0.25, 0.3) is 11.7 Å². The van der Waals surface area contributed by atoms with E-state index in [0.717, 1.165) is 12.1 Å². The summed E-state index contributed by atoms with van der Waals surface area (Å²) < 4.78 is 40.0. The molecule has 0 fully saturated rings. The summed E-state index contributed by atoms with van der Waals surface area (Å²) in [5.74, 6) is -1.51. The molecule has 0 radical (unpaired) electrons. The van der Waals surface area contributed by atoms with E-state index in [1.165, 1.54) is 16.8 Å². The maximum atomic E-state index is 12.9. The van der Waals surface area contributed by atoms with Gasteiger partial charge >= 0.3 is 6.18 Å². The van der Waals surface area contributed by atoms with E-state index in [0.29, 0.717) is 12.1 Å². The molecule has 0 saturated carbocycles. The third kappa shape index (κ3) is 3.95.